The first-order valence-electron chi connectivity index (χ1n) is 8.16. The average molecular weight is 327 g/mol. The van der Waals surface area contributed by atoms with Gasteiger partial charge in [0, 0.05) is 31.6 Å². The molecule has 0 saturated heterocycles. The van der Waals surface area contributed by atoms with Gasteiger partial charge in [0.25, 0.3) is 5.91 Å². The number of carbonyl (C=O) groups excluding carboxylic acids is 1. The largest absolute Gasteiger partial charge is 0.439 e. The molecule has 2 aromatic rings. The summed E-state index contributed by atoms with van der Waals surface area (Å²) in [5.74, 6) is 2.30. The highest BCUT2D eigenvalue weighted by Gasteiger charge is 2.13. The zero-order valence-corrected chi connectivity index (χ0v) is 15.2. The number of amides is 1. The van der Waals surface area contributed by atoms with Crippen LogP contribution in [0.15, 0.2) is 30.3 Å². The van der Waals surface area contributed by atoms with Crippen LogP contribution >= 0.6 is 0 Å². The Bertz CT molecular complexity index is 698. The zero-order valence-electron chi connectivity index (χ0n) is 15.2. The van der Waals surface area contributed by atoms with Crippen LogP contribution in [-0.4, -0.2) is 34.9 Å². The third-order valence-corrected chi connectivity index (χ3v) is 3.56. The van der Waals surface area contributed by atoms with E-state index in [1.807, 2.05) is 12.1 Å². The van der Waals surface area contributed by atoms with Crippen molar-refractivity contribution in [2.24, 2.45) is 0 Å². The molecule has 1 amide bonds. The topological polar surface area (TPSA) is 55.3 Å². The summed E-state index contributed by atoms with van der Waals surface area (Å²) >= 11 is 0. The maximum Gasteiger partial charge on any atom is 0.253 e. The molecule has 0 aliphatic carbocycles. The molecule has 128 valence electrons. The predicted octanol–water partition coefficient (Wildman–Crippen LogP) is 4.22. The second-order valence-electron chi connectivity index (χ2n) is 6.63. The molecule has 5 nitrogen and oxygen atoms in total. The Morgan fingerprint density at radius 3 is 2.33 bits per heavy atom. The minimum Gasteiger partial charge on any atom is -0.439 e. The molecule has 0 aliphatic heterocycles. The number of aromatic nitrogens is 2. The molecule has 24 heavy (non-hydrogen) atoms. The van der Waals surface area contributed by atoms with Crippen LogP contribution in [0.1, 0.15) is 61.4 Å². The lowest BCUT2D eigenvalue weighted by atomic mass is 10.1. The molecule has 0 atom stereocenters. The Kier molecular flexibility index (Phi) is 5.54. The SMILES string of the molecule is CC(C)c1cc(Oc2cccc(C(=O)N(C)C)c2)nc(C(C)C)n1. The molecule has 5 heteroatoms. The van der Waals surface area contributed by atoms with Gasteiger partial charge in [0.1, 0.15) is 11.6 Å². The van der Waals surface area contributed by atoms with Gasteiger partial charge in [-0.2, -0.15) is 4.98 Å². The van der Waals surface area contributed by atoms with Gasteiger partial charge in [-0.1, -0.05) is 33.8 Å². The third-order valence-electron chi connectivity index (χ3n) is 3.56. The van der Waals surface area contributed by atoms with Crippen molar-refractivity contribution < 1.29 is 9.53 Å². The normalized spacial score (nSPS) is 11.0. The van der Waals surface area contributed by atoms with E-state index in [1.165, 1.54) is 4.90 Å². The minimum atomic E-state index is -0.0612. The highest BCUT2D eigenvalue weighted by Crippen LogP contribution is 2.25. The number of ether oxygens (including phenoxy) is 1. The average Bonchev–Trinajstić information content (AvgIpc) is 2.53. The second-order valence-corrected chi connectivity index (χ2v) is 6.63. The molecule has 1 aromatic carbocycles. The zero-order chi connectivity index (χ0) is 17.9. The summed E-state index contributed by atoms with van der Waals surface area (Å²) in [6, 6.07) is 8.98. The van der Waals surface area contributed by atoms with Crippen LogP contribution in [0.5, 0.6) is 11.6 Å². The summed E-state index contributed by atoms with van der Waals surface area (Å²) in [5, 5.41) is 0. The Balaban J connectivity index is 2.34. The van der Waals surface area contributed by atoms with Crippen molar-refractivity contribution >= 4 is 5.91 Å². The summed E-state index contributed by atoms with van der Waals surface area (Å²) in [7, 11) is 3.45. The maximum absolute atomic E-state index is 12.1. The number of hydrogen-bond donors (Lipinski definition) is 0. The van der Waals surface area contributed by atoms with Crippen LogP contribution in [0.3, 0.4) is 0 Å². The minimum absolute atomic E-state index is 0.0612. The number of carbonyl (C=O) groups is 1. The van der Waals surface area contributed by atoms with Crippen molar-refractivity contribution in [2.45, 2.75) is 39.5 Å². The molecule has 0 bridgehead atoms. The summed E-state index contributed by atoms with van der Waals surface area (Å²) in [6.45, 7) is 8.29. The van der Waals surface area contributed by atoms with E-state index in [0.717, 1.165) is 11.5 Å². The maximum atomic E-state index is 12.1. The summed E-state index contributed by atoms with van der Waals surface area (Å²) in [4.78, 5) is 22.7. The molecule has 0 unspecified atom stereocenters. The first-order valence-corrected chi connectivity index (χ1v) is 8.16. The van der Waals surface area contributed by atoms with Gasteiger partial charge in [-0.25, -0.2) is 4.98 Å². The molecule has 2 rings (SSSR count). The fourth-order valence-corrected chi connectivity index (χ4v) is 2.14. The number of nitrogens with zero attached hydrogens (tertiary/aromatic N) is 3. The van der Waals surface area contributed by atoms with E-state index in [-0.39, 0.29) is 17.7 Å². The summed E-state index contributed by atoms with van der Waals surface area (Å²) in [5.41, 5.74) is 1.53. The lowest BCUT2D eigenvalue weighted by molar-refractivity contribution is 0.0827. The van der Waals surface area contributed by atoms with E-state index in [1.54, 1.807) is 32.3 Å². The van der Waals surface area contributed by atoms with Crippen LogP contribution in [-0.2, 0) is 0 Å². The molecular weight excluding hydrogens is 302 g/mol. The van der Waals surface area contributed by atoms with E-state index in [2.05, 4.69) is 37.7 Å². The highest BCUT2D eigenvalue weighted by atomic mass is 16.5. The molecule has 0 N–H and O–H groups in total. The summed E-state index contributed by atoms with van der Waals surface area (Å²) in [6.07, 6.45) is 0. The van der Waals surface area contributed by atoms with Crippen LogP contribution in [0.2, 0.25) is 0 Å². The molecule has 0 spiro atoms. The monoisotopic (exact) mass is 327 g/mol. The van der Waals surface area contributed by atoms with E-state index in [0.29, 0.717) is 17.2 Å². The van der Waals surface area contributed by atoms with Crippen molar-refractivity contribution in [3.63, 3.8) is 0 Å². The predicted molar refractivity (Wildman–Crippen MR) is 94.7 cm³/mol. The quantitative estimate of drug-likeness (QED) is 0.825. The molecule has 0 fully saturated rings. The van der Waals surface area contributed by atoms with Gasteiger partial charge in [0.15, 0.2) is 0 Å². The number of hydrogen-bond acceptors (Lipinski definition) is 4. The fraction of sp³-hybridized carbons (Fsp3) is 0.421. The van der Waals surface area contributed by atoms with Gasteiger partial charge >= 0.3 is 0 Å². The number of rotatable bonds is 5. The van der Waals surface area contributed by atoms with Gasteiger partial charge < -0.3 is 9.64 Å². The Morgan fingerprint density at radius 2 is 1.75 bits per heavy atom. The smallest absolute Gasteiger partial charge is 0.253 e. The molecule has 1 aromatic heterocycles. The van der Waals surface area contributed by atoms with Crippen molar-refractivity contribution in [1.82, 2.24) is 14.9 Å². The lowest BCUT2D eigenvalue weighted by Gasteiger charge is -2.14. The summed E-state index contributed by atoms with van der Waals surface area (Å²) < 4.78 is 5.91. The van der Waals surface area contributed by atoms with E-state index < -0.39 is 0 Å². The van der Waals surface area contributed by atoms with Crippen molar-refractivity contribution in [2.75, 3.05) is 14.1 Å². The first kappa shape index (κ1) is 17.9. The molecule has 0 saturated carbocycles. The third kappa shape index (κ3) is 4.31. The Hall–Kier alpha value is -2.43. The van der Waals surface area contributed by atoms with Gasteiger partial charge in [0.05, 0.1) is 5.69 Å². The van der Waals surface area contributed by atoms with Crippen molar-refractivity contribution in [1.29, 1.82) is 0 Å². The molecule has 1 heterocycles. The molecule has 0 aliphatic rings. The van der Waals surface area contributed by atoms with Gasteiger partial charge in [-0.15, -0.1) is 0 Å². The Labute approximate surface area is 143 Å². The van der Waals surface area contributed by atoms with Crippen molar-refractivity contribution in [3.8, 4) is 11.6 Å². The number of benzene rings is 1. The first-order chi connectivity index (χ1) is 11.3. The van der Waals surface area contributed by atoms with Crippen LogP contribution in [0, 0.1) is 0 Å². The van der Waals surface area contributed by atoms with E-state index in [4.69, 9.17) is 4.74 Å². The van der Waals surface area contributed by atoms with Gasteiger partial charge in [-0.05, 0) is 24.1 Å². The van der Waals surface area contributed by atoms with Crippen LogP contribution in [0.25, 0.3) is 0 Å². The van der Waals surface area contributed by atoms with Gasteiger partial charge in [0.2, 0.25) is 5.88 Å². The second kappa shape index (κ2) is 7.43. The molecular formula is C19H25N3O2. The van der Waals surface area contributed by atoms with Crippen molar-refractivity contribution in [3.05, 3.63) is 47.4 Å². The van der Waals surface area contributed by atoms with Crippen LogP contribution in [0.4, 0.5) is 0 Å². The fourth-order valence-electron chi connectivity index (χ4n) is 2.14. The van der Waals surface area contributed by atoms with E-state index >= 15 is 0 Å². The van der Waals surface area contributed by atoms with Gasteiger partial charge in [-0.3, -0.25) is 4.79 Å². The standard InChI is InChI=1S/C19H25N3O2/c1-12(2)16-11-17(21-18(20-16)13(3)4)24-15-9-7-8-14(10-15)19(23)22(5)6/h7-13H,1-6H3. The van der Waals surface area contributed by atoms with Crippen LogP contribution < -0.4 is 4.74 Å². The Morgan fingerprint density at radius 1 is 1.04 bits per heavy atom. The van der Waals surface area contributed by atoms with E-state index in [9.17, 15) is 4.79 Å². The highest BCUT2D eigenvalue weighted by molar-refractivity contribution is 5.94. The molecule has 0 radical (unpaired) electrons. The lowest BCUT2D eigenvalue weighted by Crippen LogP contribution is -2.21.